The maximum absolute atomic E-state index is 12.9. The van der Waals surface area contributed by atoms with E-state index in [0.29, 0.717) is 17.1 Å². The number of aryl methyl sites for hydroxylation is 1. The summed E-state index contributed by atoms with van der Waals surface area (Å²) in [6.45, 7) is 2.20. The molecule has 7 nitrogen and oxygen atoms in total. The van der Waals surface area contributed by atoms with E-state index in [4.69, 9.17) is 9.47 Å². The number of anilines is 1. The van der Waals surface area contributed by atoms with Crippen molar-refractivity contribution in [3.05, 3.63) is 95.8 Å². The van der Waals surface area contributed by atoms with E-state index < -0.39 is 0 Å². The predicted octanol–water partition coefficient (Wildman–Crippen LogP) is 4.77. The second-order valence-electron chi connectivity index (χ2n) is 6.96. The Kier molecular flexibility index (Phi) is 6.05. The van der Waals surface area contributed by atoms with Gasteiger partial charge in [0.1, 0.15) is 17.2 Å². The molecule has 0 aliphatic carbocycles. The van der Waals surface area contributed by atoms with Gasteiger partial charge in [0.05, 0.1) is 12.3 Å². The van der Waals surface area contributed by atoms with Crippen LogP contribution in [-0.4, -0.2) is 28.0 Å². The molecule has 0 aliphatic rings. The average molecular weight is 414 g/mol. The van der Waals surface area contributed by atoms with Crippen molar-refractivity contribution >= 4 is 11.6 Å². The topological polar surface area (TPSA) is 78.3 Å². The minimum Gasteiger partial charge on any atom is -0.457 e. The first kappa shape index (κ1) is 20.3. The van der Waals surface area contributed by atoms with Crippen LogP contribution in [0.3, 0.4) is 0 Å². The normalized spacial score (nSPS) is 10.6. The molecule has 0 spiro atoms. The van der Waals surface area contributed by atoms with Gasteiger partial charge in [0, 0.05) is 12.8 Å². The number of hydrogen-bond donors (Lipinski definition) is 1. The number of nitrogens with zero attached hydrogens (tertiary/aromatic N) is 3. The zero-order valence-corrected chi connectivity index (χ0v) is 17.3. The number of hydrogen-bond acceptors (Lipinski definition) is 5. The lowest BCUT2D eigenvalue weighted by Crippen LogP contribution is -2.16. The highest BCUT2D eigenvalue weighted by Gasteiger charge is 2.21. The maximum Gasteiger partial charge on any atom is 0.278 e. The van der Waals surface area contributed by atoms with Gasteiger partial charge in [0.25, 0.3) is 5.91 Å². The number of ether oxygens (including phenoxy) is 2. The highest BCUT2D eigenvalue weighted by molar-refractivity contribution is 6.03. The molecule has 4 rings (SSSR count). The van der Waals surface area contributed by atoms with E-state index in [1.165, 1.54) is 0 Å². The van der Waals surface area contributed by atoms with Crippen molar-refractivity contribution in [2.45, 2.75) is 13.5 Å². The van der Waals surface area contributed by atoms with Crippen LogP contribution in [0, 0.1) is 6.92 Å². The molecule has 1 N–H and O–H groups in total. The third-order valence-corrected chi connectivity index (χ3v) is 4.60. The number of rotatable bonds is 7. The van der Waals surface area contributed by atoms with E-state index in [0.717, 1.165) is 17.0 Å². The van der Waals surface area contributed by atoms with Crippen LogP contribution in [0.25, 0.3) is 5.69 Å². The molecule has 0 saturated heterocycles. The zero-order valence-electron chi connectivity index (χ0n) is 17.3. The van der Waals surface area contributed by atoms with Crippen molar-refractivity contribution in [3.8, 4) is 17.2 Å². The Bertz CT molecular complexity index is 1170. The Labute approximate surface area is 180 Å². The van der Waals surface area contributed by atoms with Crippen molar-refractivity contribution in [2.75, 3.05) is 12.4 Å². The van der Waals surface area contributed by atoms with Gasteiger partial charge in [-0.2, -0.15) is 0 Å². The van der Waals surface area contributed by atoms with E-state index in [1.807, 2.05) is 61.5 Å². The molecule has 0 radical (unpaired) electrons. The molecular formula is C24H22N4O3. The largest absolute Gasteiger partial charge is 0.457 e. The standard InChI is InChI=1S/C24H22N4O3/c1-17-7-6-8-19(15-17)28-22(16-30-2)23(26-27-28)24(29)25-18-11-13-21(14-12-18)31-20-9-4-3-5-10-20/h3-15H,16H2,1-2H3,(H,25,29). The van der Waals surface area contributed by atoms with E-state index >= 15 is 0 Å². The van der Waals surface area contributed by atoms with Crippen molar-refractivity contribution < 1.29 is 14.3 Å². The maximum atomic E-state index is 12.9. The van der Waals surface area contributed by atoms with Gasteiger partial charge in [0.2, 0.25) is 0 Å². The summed E-state index contributed by atoms with van der Waals surface area (Å²) in [6, 6.07) is 24.5. The summed E-state index contributed by atoms with van der Waals surface area (Å²) >= 11 is 0. The number of amides is 1. The van der Waals surface area contributed by atoms with Crippen LogP contribution >= 0.6 is 0 Å². The van der Waals surface area contributed by atoms with Crippen LogP contribution in [0.2, 0.25) is 0 Å². The first-order valence-electron chi connectivity index (χ1n) is 9.79. The van der Waals surface area contributed by atoms with Gasteiger partial charge in [-0.25, -0.2) is 4.68 Å². The fraction of sp³-hybridized carbons (Fsp3) is 0.125. The highest BCUT2D eigenvalue weighted by Crippen LogP contribution is 2.23. The van der Waals surface area contributed by atoms with Crippen LogP contribution in [0.1, 0.15) is 21.7 Å². The zero-order chi connectivity index (χ0) is 21.6. The highest BCUT2D eigenvalue weighted by atomic mass is 16.5. The number of benzene rings is 3. The van der Waals surface area contributed by atoms with Crippen molar-refractivity contribution in [1.29, 1.82) is 0 Å². The van der Waals surface area contributed by atoms with Gasteiger partial charge in [0.15, 0.2) is 5.69 Å². The van der Waals surface area contributed by atoms with Crippen molar-refractivity contribution in [2.24, 2.45) is 0 Å². The lowest BCUT2D eigenvalue weighted by Gasteiger charge is -2.09. The third-order valence-electron chi connectivity index (χ3n) is 4.60. The molecule has 1 heterocycles. The van der Waals surface area contributed by atoms with Gasteiger partial charge in [-0.1, -0.05) is 35.5 Å². The van der Waals surface area contributed by atoms with Crippen molar-refractivity contribution in [3.63, 3.8) is 0 Å². The van der Waals surface area contributed by atoms with E-state index in [9.17, 15) is 4.79 Å². The number of carbonyl (C=O) groups excluding carboxylic acids is 1. The number of aromatic nitrogens is 3. The summed E-state index contributed by atoms with van der Waals surface area (Å²) in [5.41, 5.74) is 3.32. The molecule has 4 aromatic rings. The molecule has 0 aliphatic heterocycles. The fourth-order valence-electron chi connectivity index (χ4n) is 3.13. The Hall–Kier alpha value is -3.97. The average Bonchev–Trinajstić information content (AvgIpc) is 3.20. The molecule has 7 heteroatoms. The SMILES string of the molecule is COCc1c(C(=O)Nc2ccc(Oc3ccccc3)cc2)nnn1-c1cccc(C)c1. The van der Waals surface area contributed by atoms with E-state index in [1.54, 1.807) is 36.1 Å². The quantitative estimate of drug-likeness (QED) is 0.471. The summed E-state index contributed by atoms with van der Waals surface area (Å²) in [5, 5.41) is 11.1. The van der Waals surface area contributed by atoms with Gasteiger partial charge in [-0.3, -0.25) is 4.79 Å². The number of nitrogens with one attached hydrogen (secondary N) is 1. The Balaban J connectivity index is 1.52. The molecule has 0 saturated carbocycles. The fourth-order valence-corrected chi connectivity index (χ4v) is 3.13. The minimum atomic E-state index is -0.359. The van der Waals surface area contributed by atoms with Crippen LogP contribution in [0.5, 0.6) is 11.5 Å². The Morgan fingerprint density at radius 3 is 2.42 bits per heavy atom. The molecule has 3 aromatic carbocycles. The minimum absolute atomic E-state index is 0.202. The van der Waals surface area contributed by atoms with Gasteiger partial charge >= 0.3 is 0 Å². The molecule has 0 fully saturated rings. The predicted molar refractivity (Wildman–Crippen MR) is 118 cm³/mol. The van der Waals surface area contributed by atoms with Crippen LogP contribution < -0.4 is 10.1 Å². The van der Waals surface area contributed by atoms with Gasteiger partial charge in [-0.05, 0) is 61.0 Å². The smallest absolute Gasteiger partial charge is 0.278 e. The lowest BCUT2D eigenvalue weighted by atomic mass is 10.2. The van der Waals surface area contributed by atoms with E-state index in [2.05, 4.69) is 15.6 Å². The number of para-hydroxylation sites is 1. The summed E-state index contributed by atoms with van der Waals surface area (Å²) in [5.74, 6) is 1.06. The third kappa shape index (κ3) is 4.79. The second kappa shape index (κ2) is 9.23. The van der Waals surface area contributed by atoms with E-state index in [-0.39, 0.29) is 18.2 Å². The second-order valence-corrected chi connectivity index (χ2v) is 6.96. The molecule has 31 heavy (non-hydrogen) atoms. The van der Waals surface area contributed by atoms with Crippen LogP contribution in [0.15, 0.2) is 78.9 Å². The monoisotopic (exact) mass is 414 g/mol. The van der Waals surface area contributed by atoms with Crippen LogP contribution in [0.4, 0.5) is 5.69 Å². The summed E-state index contributed by atoms with van der Waals surface area (Å²) in [7, 11) is 1.57. The molecule has 1 amide bonds. The summed E-state index contributed by atoms with van der Waals surface area (Å²) < 4.78 is 12.7. The van der Waals surface area contributed by atoms with Gasteiger partial charge in [-0.15, -0.1) is 5.10 Å². The van der Waals surface area contributed by atoms with Crippen molar-refractivity contribution in [1.82, 2.24) is 15.0 Å². The van der Waals surface area contributed by atoms with Crippen LogP contribution in [-0.2, 0) is 11.3 Å². The molecular weight excluding hydrogens is 392 g/mol. The Morgan fingerprint density at radius 1 is 0.968 bits per heavy atom. The number of carbonyl (C=O) groups is 1. The molecule has 156 valence electrons. The lowest BCUT2D eigenvalue weighted by molar-refractivity contribution is 0.101. The molecule has 1 aromatic heterocycles. The first-order chi connectivity index (χ1) is 15.1. The molecule has 0 bridgehead atoms. The number of methoxy groups -OCH3 is 1. The van der Waals surface area contributed by atoms with Gasteiger partial charge < -0.3 is 14.8 Å². The Morgan fingerprint density at radius 2 is 1.71 bits per heavy atom. The summed E-state index contributed by atoms with van der Waals surface area (Å²) in [4.78, 5) is 12.9. The molecule has 0 unspecified atom stereocenters. The summed E-state index contributed by atoms with van der Waals surface area (Å²) in [6.07, 6.45) is 0. The molecule has 0 atom stereocenters. The first-order valence-corrected chi connectivity index (χ1v) is 9.79.